The van der Waals surface area contributed by atoms with E-state index in [1.165, 1.54) is 11.5 Å². The molecule has 3 aromatic rings. The Kier molecular flexibility index (Phi) is 4.40. The van der Waals surface area contributed by atoms with Crippen LogP contribution in [0.15, 0.2) is 35.8 Å². The van der Waals surface area contributed by atoms with Gasteiger partial charge in [-0.1, -0.05) is 16.6 Å². The molecule has 0 spiro atoms. The predicted octanol–water partition coefficient (Wildman–Crippen LogP) is 3.29. The van der Waals surface area contributed by atoms with Gasteiger partial charge in [-0.15, -0.1) is 16.4 Å². The third-order valence-electron chi connectivity index (χ3n) is 2.87. The molecule has 0 bridgehead atoms. The molecule has 0 saturated carbocycles. The SMILES string of the molecule is Cc1cnc(CNC(=O)Nc2ccc(-c3csnn3)cc2)s1. The summed E-state index contributed by atoms with van der Waals surface area (Å²) in [6, 6.07) is 7.22. The number of thiazole rings is 1. The average Bonchev–Trinajstić information content (AvgIpc) is 3.17. The summed E-state index contributed by atoms with van der Waals surface area (Å²) in [5.41, 5.74) is 2.53. The quantitative estimate of drug-likeness (QED) is 0.769. The van der Waals surface area contributed by atoms with Crippen LogP contribution in [0.4, 0.5) is 10.5 Å². The summed E-state index contributed by atoms with van der Waals surface area (Å²) in [6.07, 6.45) is 1.80. The normalized spacial score (nSPS) is 10.4. The van der Waals surface area contributed by atoms with Crippen molar-refractivity contribution in [3.63, 3.8) is 0 Å². The lowest BCUT2D eigenvalue weighted by Crippen LogP contribution is -2.28. The van der Waals surface area contributed by atoms with Crippen molar-refractivity contribution in [1.82, 2.24) is 19.9 Å². The van der Waals surface area contributed by atoms with Crippen molar-refractivity contribution in [2.45, 2.75) is 13.5 Å². The number of nitrogens with zero attached hydrogens (tertiary/aromatic N) is 3. The fourth-order valence-corrected chi connectivity index (χ4v) is 3.02. The van der Waals surface area contributed by atoms with Crippen molar-refractivity contribution in [3.8, 4) is 11.3 Å². The summed E-state index contributed by atoms with van der Waals surface area (Å²) in [5, 5.41) is 12.3. The van der Waals surface area contributed by atoms with Gasteiger partial charge < -0.3 is 10.6 Å². The Morgan fingerprint density at radius 3 is 2.73 bits per heavy atom. The number of amides is 2. The Balaban J connectivity index is 1.55. The largest absolute Gasteiger partial charge is 0.331 e. The first-order valence-corrected chi connectivity index (χ1v) is 8.19. The molecule has 1 aromatic carbocycles. The van der Waals surface area contributed by atoms with Crippen molar-refractivity contribution in [2.24, 2.45) is 0 Å². The molecule has 0 aliphatic heterocycles. The maximum Gasteiger partial charge on any atom is 0.319 e. The minimum atomic E-state index is -0.254. The number of carbonyl (C=O) groups is 1. The molecular formula is C14H13N5OS2. The predicted molar refractivity (Wildman–Crippen MR) is 88.1 cm³/mol. The van der Waals surface area contributed by atoms with E-state index >= 15 is 0 Å². The van der Waals surface area contributed by atoms with Crippen LogP contribution in [0, 0.1) is 6.92 Å². The zero-order valence-corrected chi connectivity index (χ0v) is 13.4. The number of urea groups is 1. The Labute approximate surface area is 135 Å². The molecule has 2 aromatic heterocycles. The monoisotopic (exact) mass is 331 g/mol. The van der Waals surface area contributed by atoms with Crippen LogP contribution in [0.25, 0.3) is 11.3 Å². The number of hydrogen-bond acceptors (Lipinski definition) is 6. The first-order valence-electron chi connectivity index (χ1n) is 6.54. The number of aryl methyl sites for hydroxylation is 1. The zero-order valence-electron chi connectivity index (χ0n) is 11.7. The molecule has 0 radical (unpaired) electrons. The van der Waals surface area contributed by atoms with Crippen LogP contribution in [-0.4, -0.2) is 20.6 Å². The molecule has 8 heteroatoms. The van der Waals surface area contributed by atoms with Gasteiger partial charge in [-0.3, -0.25) is 0 Å². The minimum absolute atomic E-state index is 0.254. The number of anilines is 1. The molecule has 0 aliphatic rings. The number of aromatic nitrogens is 3. The molecule has 3 rings (SSSR count). The molecule has 0 unspecified atom stereocenters. The van der Waals surface area contributed by atoms with Crippen LogP contribution < -0.4 is 10.6 Å². The third-order valence-corrected chi connectivity index (χ3v) is 4.29. The second-order valence-corrected chi connectivity index (χ2v) is 6.47. The van der Waals surface area contributed by atoms with Crippen molar-refractivity contribution in [3.05, 3.63) is 45.7 Å². The highest BCUT2D eigenvalue weighted by Crippen LogP contribution is 2.20. The number of rotatable bonds is 4. The van der Waals surface area contributed by atoms with Crippen molar-refractivity contribution in [2.75, 3.05) is 5.32 Å². The van der Waals surface area contributed by atoms with Gasteiger partial charge in [-0.25, -0.2) is 9.78 Å². The first-order chi connectivity index (χ1) is 10.7. The van der Waals surface area contributed by atoms with Gasteiger partial charge >= 0.3 is 6.03 Å². The second kappa shape index (κ2) is 6.63. The van der Waals surface area contributed by atoms with Gasteiger partial charge in [-0.2, -0.15) is 0 Å². The van der Waals surface area contributed by atoms with Crippen molar-refractivity contribution >= 4 is 34.6 Å². The molecule has 6 nitrogen and oxygen atoms in total. The molecule has 2 N–H and O–H groups in total. The molecule has 2 heterocycles. The fourth-order valence-electron chi connectivity index (χ4n) is 1.83. The van der Waals surface area contributed by atoms with E-state index in [2.05, 4.69) is 25.2 Å². The van der Waals surface area contributed by atoms with Gasteiger partial charge in [-0.05, 0) is 30.6 Å². The molecular weight excluding hydrogens is 318 g/mol. The number of carbonyl (C=O) groups excluding carboxylic acids is 1. The van der Waals surface area contributed by atoms with Crippen LogP contribution >= 0.6 is 22.9 Å². The van der Waals surface area contributed by atoms with Gasteiger partial charge in [0.25, 0.3) is 0 Å². The molecule has 0 saturated heterocycles. The second-order valence-electron chi connectivity index (χ2n) is 4.54. The lowest BCUT2D eigenvalue weighted by Gasteiger charge is -2.06. The van der Waals surface area contributed by atoms with Gasteiger partial charge in [0.1, 0.15) is 10.7 Å². The molecule has 112 valence electrons. The minimum Gasteiger partial charge on any atom is -0.331 e. The highest BCUT2D eigenvalue weighted by Gasteiger charge is 2.05. The average molecular weight is 331 g/mol. The highest BCUT2D eigenvalue weighted by molar-refractivity contribution is 7.11. The Bertz CT molecular complexity index is 752. The summed E-state index contributed by atoms with van der Waals surface area (Å²) in [4.78, 5) is 17.2. The van der Waals surface area contributed by atoms with E-state index in [0.717, 1.165) is 26.8 Å². The molecule has 2 amide bonds. The first kappa shape index (κ1) is 14.6. The van der Waals surface area contributed by atoms with E-state index in [4.69, 9.17) is 0 Å². The van der Waals surface area contributed by atoms with E-state index < -0.39 is 0 Å². The number of benzene rings is 1. The summed E-state index contributed by atoms with van der Waals surface area (Å²) in [6.45, 7) is 2.41. The van der Waals surface area contributed by atoms with Gasteiger partial charge in [0.05, 0.1) is 6.54 Å². The van der Waals surface area contributed by atoms with Crippen molar-refractivity contribution < 1.29 is 4.79 Å². The fraction of sp³-hybridized carbons (Fsp3) is 0.143. The topological polar surface area (TPSA) is 79.8 Å². The van der Waals surface area contributed by atoms with Crippen LogP contribution in [0.5, 0.6) is 0 Å². The van der Waals surface area contributed by atoms with Crippen LogP contribution in [0.2, 0.25) is 0 Å². The standard InChI is InChI=1S/C14H13N5OS2/c1-9-6-15-13(22-9)7-16-14(20)17-11-4-2-10(3-5-11)12-8-21-19-18-12/h2-6,8H,7H2,1H3,(H2,16,17,20). The summed E-state index contributed by atoms with van der Waals surface area (Å²) in [7, 11) is 0. The lowest BCUT2D eigenvalue weighted by atomic mass is 10.1. The Hall–Kier alpha value is -2.32. The highest BCUT2D eigenvalue weighted by atomic mass is 32.1. The number of hydrogen-bond donors (Lipinski definition) is 2. The Morgan fingerprint density at radius 1 is 1.27 bits per heavy atom. The van der Waals surface area contributed by atoms with E-state index in [1.807, 2.05) is 36.6 Å². The van der Waals surface area contributed by atoms with Gasteiger partial charge in [0, 0.05) is 27.7 Å². The van der Waals surface area contributed by atoms with E-state index in [9.17, 15) is 4.79 Å². The van der Waals surface area contributed by atoms with E-state index in [-0.39, 0.29) is 6.03 Å². The van der Waals surface area contributed by atoms with Crippen LogP contribution in [0.1, 0.15) is 9.88 Å². The van der Waals surface area contributed by atoms with E-state index in [0.29, 0.717) is 6.54 Å². The third kappa shape index (κ3) is 3.66. The van der Waals surface area contributed by atoms with Crippen LogP contribution in [0.3, 0.4) is 0 Å². The Morgan fingerprint density at radius 2 is 2.09 bits per heavy atom. The van der Waals surface area contributed by atoms with E-state index in [1.54, 1.807) is 17.5 Å². The maximum atomic E-state index is 11.8. The smallest absolute Gasteiger partial charge is 0.319 e. The summed E-state index contributed by atoms with van der Waals surface area (Å²) < 4.78 is 3.83. The maximum absolute atomic E-state index is 11.8. The van der Waals surface area contributed by atoms with Crippen LogP contribution in [-0.2, 0) is 6.54 Å². The summed E-state index contributed by atoms with van der Waals surface area (Å²) >= 11 is 2.88. The van der Waals surface area contributed by atoms with Crippen molar-refractivity contribution in [1.29, 1.82) is 0 Å². The lowest BCUT2D eigenvalue weighted by molar-refractivity contribution is 0.251. The van der Waals surface area contributed by atoms with Gasteiger partial charge in [0.2, 0.25) is 0 Å². The molecule has 22 heavy (non-hydrogen) atoms. The molecule has 0 aliphatic carbocycles. The summed E-state index contributed by atoms with van der Waals surface area (Å²) in [5.74, 6) is 0. The van der Waals surface area contributed by atoms with Gasteiger partial charge in [0.15, 0.2) is 0 Å². The molecule has 0 atom stereocenters. The zero-order chi connectivity index (χ0) is 15.4. The number of nitrogens with one attached hydrogen (secondary N) is 2. The molecule has 0 fully saturated rings.